The third-order valence-electron chi connectivity index (χ3n) is 3.48. The molecule has 0 aliphatic rings. The zero-order chi connectivity index (χ0) is 14.3. The zero-order valence-electron chi connectivity index (χ0n) is 11.7. The average molecular weight is 268 g/mol. The van der Waals surface area contributed by atoms with Crippen LogP contribution in [0.4, 0.5) is 0 Å². The van der Waals surface area contributed by atoms with Crippen molar-refractivity contribution < 1.29 is 9.84 Å². The van der Waals surface area contributed by atoms with Crippen LogP contribution >= 0.6 is 0 Å². The number of hydrogen-bond acceptors (Lipinski definition) is 3. The largest absolute Gasteiger partial charge is 0.507 e. The number of aryl methyl sites for hydroxylation is 2. The van der Waals surface area contributed by atoms with Crippen LogP contribution in [0.1, 0.15) is 5.56 Å². The maximum atomic E-state index is 10.1. The van der Waals surface area contributed by atoms with Crippen molar-refractivity contribution in [3.63, 3.8) is 0 Å². The second-order valence-electron chi connectivity index (χ2n) is 4.87. The van der Waals surface area contributed by atoms with E-state index in [4.69, 9.17) is 4.74 Å². The summed E-state index contributed by atoms with van der Waals surface area (Å²) in [5, 5.41) is 10.1. The molecule has 0 saturated carbocycles. The molecule has 3 rings (SSSR count). The highest BCUT2D eigenvalue weighted by Crippen LogP contribution is 2.32. The number of phenolic OH excluding ortho intramolecular Hbond substituents is 1. The Morgan fingerprint density at radius 1 is 1.15 bits per heavy atom. The van der Waals surface area contributed by atoms with Crippen LogP contribution in [0.5, 0.6) is 11.5 Å². The first-order valence-corrected chi connectivity index (χ1v) is 6.40. The standard InChI is InChI=1S/C16H16N2O2/c1-10-4-6-12(15(19)8-10)16-17-13-9-11(20-3)5-7-14(13)18(16)2/h4-9,19H,1-3H3. The number of fused-ring (bicyclic) bond motifs is 1. The summed E-state index contributed by atoms with van der Waals surface area (Å²) in [7, 11) is 3.58. The van der Waals surface area contributed by atoms with Crippen LogP contribution < -0.4 is 4.74 Å². The summed E-state index contributed by atoms with van der Waals surface area (Å²) in [6.45, 7) is 1.95. The number of nitrogens with zero attached hydrogens (tertiary/aromatic N) is 2. The van der Waals surface area contributed by atoms with E-state index < -0.39 is 0 Å². The van der Waals surface area contributed by atoms with Gasteiger partial charge in [-0.2, -0.15) is 0 Å². The number of phenols is 1. The van der Waals surface area contributed by atoms with Crippen LogP contribution in [0.25, 0.3) is 22.4 Å². The minimum Gasteiger partial charge on any atom is -0.507 e. The van der Waals surface area contributed by atoms with Gasteiger partial charge in [0.2, 0.25) is 0 Å². The van der Waals surface area contributed by atoms with E-state index in [2.05, 4.69) is 4.98 Å². The zero-order valence-corrected chi connectivity index (χ0v) is 11.7. The van der Waals surface area contributed by atoms with Crippen molar-refractivity contribution >= 4 is 11.0 Å². The number of aromatic nitrogens is 2. The summed E-state index contributed by atoms with van der Waals surface area (Å²) in [5.41, 5.74) is 3.60. The number of imidazole rings is 1. The van der Waals surface area contributed by atoms with Gasteiger partial charge in [0.15, 0.2) is 0 Å². The van der Waals surface area contributed by atoms with Crippen LogP contribution in [0.15, 0.2) is 36.4 Å². The Bertz CT molecular complexity index is 791. The van der Waals surface area contributed by atoms with E-state index in [1.807, 2.05) is 48.9 Å². The molecular weight excluding hydrogens is 252 g/mol. The predicted octanol–water partition coefficient (Wildman–Crippen LogP) is 3.26. The minimum atomic E-state index is 0.246. The minimum absolute atomic E-state index is 0.246. The molecule has 0 aliphatic heterocycles. The molecule has 0 atom stereocenters. The lowest BCUT2D eigenvalue weighted by molar-refractivity contribution is 0.415. The van der Waals surface area contributed by atoms with E-state index in [1.165, 1.54) is 0 Å². The Hall–Kier alpha value is -2.49. The number of methoxy groups -OCH3 is 1. The fourth-order valence-corrected chi connectivity index (χ4v) is 2.38. The summed E-state index contributed by atoms with van der Waals surface area (Å²) in [5.74, 6) is 1.76. The maximum Gasteiger partial charge on any atom is 0.144 e. The van der Waals surface area contributed by atoms with Crippen molar-refractivity contribution in [2.45, 2.75) is 6.92 Å². The predicted molar refractivity (Wildman–Crippen MR) is 79.1 cm³/mol. The van der Waals surface area contributed by atoms with Gasteiger partial charge in [-0.3, -0.25) is 0 Å². The fraction of sp³-hybridized carbons (Fsp3) is 0.188. The highest BCUT2D eigenvalue weighted by molar-refractivity contribution is 5.83. The molecule has 1 N–H and O–H groups in total. The lowest BCUT2D eigenvalue weighted by Gasteiger charge is -2.05. The molecule has 0 spiro atoms. The van der Waals surface area contributed by atoms with Crippen LogP contribution in [0.3, 0.4) is 0 Å². The van der Waals surface area contributed by atoms with Gasteiger partial charge in [-0.25, -0.2) is 4.98 Å². The number of aromatic hydroxyl groups is 1. The highest BCUT2D eigenvalue weighted by Gasteiger charge is 2.13. The van der Waals surface area contributed by atoms with E-state index in [1.54, 1.807) is 13.2 Å². The van der Waals surface area contributed by atoms with Crippen LogP contribution in [-0.4, -0.2) is 21.8 Å². The highest BCUT2D eigenvalue weighted by atomic mass is 16.5. The SMILES string of the molecule is COc1ccc2c(c1)nc(-c1ccc(C)cc1O)n2C. The van der Waals surface area contributed by atoms with Crippen molar-refractivity contribution in [3.8, 4) is 22.9 Å². The third kappa shape index (κ3) is 1.90. The lowest BCUT2D eigenvalue weighted by Crippen LogP contribution is -1.93. The van der Waals surface area contributed by atoms with Crippen LogP contribution in [-0.2, 0) is 7.05 Å². The number of hydrogen-bond donors (Lipinski definition) is 1. The summed E-state index contributed by atoms with van der Waals surface area (Å²) in [4.78, 5) is 4.60. The molecule has 0 fully saturated rings. The van der Waals surface area contributed by atoms with Crippen molar-refractivity contribution in [1.29, 1.82) is 0 Å². The fourth-order valence-electron chi connectivity index (χ4n) is 2.38. The van der Waals surface area contributed by atoms with E-state index in [9.17, 15) is 5.11 Å². The van der Waals surface area contributed by atoms with E-state index >= 15 is 0 Å². The van der Waals surface area contributed by atoms with Gasteiger partial charge in [0.05, 0.1) is 23.7 Å². The Balaban J connectivity index is 2.23. The first-order chi connectivity index (χ1) is 9.60. The molecule has 0 unspecified atom stereocenters. The van der Waals surface area contributed by atoms with E-state index in [-0.39, 0.29) is 5.75 Å². The summed E-state index contributed by atoms with van der Waals surface area (Å²) >= 11 is 0. The monoisotopic (exact) mass is 268 g/mol. The molecule has 0 amide bonds. The quantitative estimate of drug-likeness (QED) is 0.776. The molecule has 20 heavy (non-hydrogen) atoms. The average Bonchev–Trinajstić information content (AvgIpc) is 2.75. The first kappa shape index (κ1) is 12.5. The molecule has 0 radical (unpaired) electrons. The van der Waals surface area contributed by atoms with Gasteiger partial charge in [-0.1, -0.05) is 6.07 Å². The van der Waals surface area contributed by atoms with Gasteiger partial charge in [0.25, 0.3) is 0 Å². The summed E-state index contributed by atoms with van der Waals surface area (Å²) in [6.07, 6.45) is 0. The van der Waals surface area contributed by atoms with Gasteiger partial charge in [-0.05, 0) is 36.8 Å². The molecular formula is C16H16N2O2. The second kappa shape index (κ2) is 4.56. The molecule has 102 valence electrons. The Morgan fingerprint density at radius 3 is 2.65 bits per heavy atom. The van der Waals surface area contributed by atoms with Gasteiger partial charge < -0.3 is 14.4 Å². The van der Waals surface area contributed by atoms with Gasteiger partial charge in [0, 0.05) is 13.1 Å². The van der Waals surface area contributed by atoms with Crippen molar-refractivity contribution in [2.24, 2.45) is 7.05 Å². The third-order valence-corrected chi connectivity index (χ3v) is 3.48. The van der Waals surface area contributed by atoms with E-state index in [0.29, 0.717) is 0 Å². The molecule has 3 aromatic rings. The lowest BCUT2D eigenvalue weighted by atomic mass is 10.1. The van der Waals surface area contributed by atoms with Gasteiger partial charge >= 0.3 is 0 Å². The maximum absolute atomic E-state index is 10.1. The van der Waals surface area contributed by atoms with E-state index in [0.717, 1.165) is 33.7 Å². The Labute approximate surface area is 117 Å². The Morgan fingerprint density at radius 2 is 1.95 bits per heavy atom. The van der Waals surface area contributed by atoms with Gasteiger partial charge in [-0.15, -0.1) is 0 Å². The van der Waals surface area contributed by atoms with Crippen molar-refractivity contribution in [2.75, 3.05) is 7.11 Å². The molecule has 0 bridgehead atoms. The van der Waals surface area contributed by atoms with Crippen molar-refractivity contribution in [1.82, 2.24) is 9.55 Å². The first-order valence-electron chi connectivity index (χ1n) is 6.40. The molecule has 4 nitrogen and oxygen atoms in total. The molecule has 2 aromatic carbocycles. The molecule has 4 heteroatoms. The number of ether oxygens (including phenoxy) is 1. The molecule has 0 aliphatic carbocycles. The molecule has 1 heterocycles. The van der Waals surface area contributed by atoms with Crippen molar-refractivity contribution in [3.05, 3.63) is 42.0 Å². The number of rotatable bonds is 2. The number of benzene rings is 2. The molecule has 1 aromatic heterocycles. The summed E-state index contributed by atoms with van der Waals surface area (Å²) < 4.78 is 7.19. The normalized spacial score (nSPS) is 10.9. The second-order valence-corrected chi connectivity index (χ2v) is 4.87. The molecule has 0 saturated heterocycles. The van der Waals surface area contributed by atoms with Crippen LogP contribution in [0, 0.1) is 6.92 Å². The summed E-state index contributed by atoms with van der Waals surface area (Å²) in [6, 6.07) is 11.4. The van der Waals surface area contributed by atoms with Gasteiger partial charge in [0.1, 0.15) is 17.3 Å². The Kier molecular flexibility index (Phi) is 2.86. The van der Waals surface area contributed by atoms with Crippen LogP contribution in [0.2, 0.25) is 0 Å². The smallest absolute Gasteiger partial charge is 0.144 e. The topological polar surface area (TPSA) is 47.3 Å².